The number of benzene rings is 2. The molecule has 3 rings (SSSR count). The van der Waals surface area contributed by atoms with Crippen molar-refractivity contribution in [1.29, 1.82) is 0 Å². The molecule has 0 aromatic heterocycles. The SMILES string of the molecule is Cc1ccc2c(c1)N(Cc1ccc(Cl)c(Cl)c1)C(=S)C(=CC(=O)O)S2. The number of aryl methyl sites for hydroxylation is 1. The van der Waals surface area contributed by atoms with Crippen LogP contribution >= 0.6 is 47.2 Å². The van der Waals surface area contributed by atoms with Crippen molar-refractivity contribution >= 4 is 63.8 Å². The smallest absolute Gasteiger partial charge is 0.329 e. The van der Waals surface area contributed by atoms with Crippen molar-refractivity contribution in [3.63, 3.8) is 0 Å². The standard InChI is InChI=1S/C18H13Cl2NO2S2/c1-10-2-5-15-14(6-10)21(18(24)16(25-15)8-17(22)23)9-11-3-4-12(19)13(20)7-11/h2-8H,9H2,1H3,(H,22,23). The first-order valence-corrected chi connectivity index (χ1v) is 9.32. The number of fused-ring (bicyclic) bond motifs is 1. The third-order valence-corrected chi connectivity index (χ3v) is 6.07. The predicted molar refractivity (Wildman–Crippen MR) is 108 cm³/mol. The van der Waals surface area contributed by atoms with Crippen LogP contribution < -0.4 is 4.90 Å². The normalized spacial score (nSPS) is 15.4. The average molecular weight is 410 g/mol. The van der Waals surface area contributed by atoms with Crippen LogP contribution in [0.15, 0.2) is 52.3 Å². The van der Waals surface area contributed by atoms with Gasteiger partial charge in [0.25, 0.3) is 0 Å². The fraction of sp³-hybridized carbons (Fsp3) is 0.111. The van der Waals surface area contributed by atoms with Gasteiger partial charge in [-0.25, -0.2) is 4.79 Å². The van der Waals surface area contributed by atoms with Crippen LogP contribution in [0.4, 0.5) is 5.69 Å². The molecule has 0 spiro atoms. The van der Waals surface area contributed by atoms with Gasteiger partial charge in [-0.15, -0.1) is 0 Å². The molecule has 0 fully saturated rings. The highest BCUT2D eigenvalue weighted by molar-refractivity contribution is 8.05. The van der Waals surface area contributed by atoms with E-state index >= 15 is 0 Å². The van der Waals surface area contributed by atoms with Gasteiger partial charge >= 0.3 is 5.97 Å². The number of hydrogen-bond acceptors (Lipinski definition) is 3. The maximum atomic E-state index is 11.1. The van der Waals surface area contributed by atoms with E-state index in [1.807, 2.05) is 36.1 Å². The highest BCUT2D eigenvalue weighted by Crippen LogP contribution is 2.43. The number of carboxylic acids is 1. The Morgan fingerprint density at radius 1 is 1.24 bits per heavy atom. The van der Waals surface area contributed by atoms with Gasteiger partial charge in [0.15, 0.2) is 0 Å². The third-order valence-electron chi connectivity index (χ3n) is 3.66. The largest absolute Gasteiger partial charge is 0.478 e. The summed E-state index contributed by atoms with van der Waals surface area (Å²) in [5.74, 6) is -1.02. The minimum Gasteiger partial charge on any atom is -0.478 e. The summed E-state index contributed by atoms with van der Waals surface area (Å²) >= 11 is 19.0. The van der Waals surface area contributed by atoms with E-state index in [9.17, 15) is 4.79 Å². The molecule has 25 heavy (non-hydrogen) atoms. The zero-order chi connectivity index (χ0) is 18.1. The summed E-state index contributed by atoms with van der Waals surface area (Å²) in [5.41, 5.74) is 3.00. The molecule has 7 heteroatoms. The average Bonchev–Trinajstić information content (AvgIpc) is 2.55. The Morgan fingerprint density at radius 3 is 2.68 bits per heavy atom. The van der Waals surface area contributed by atoms with Crippen LogP contribution in [0.25, 0.3) is 0 Å². The Kier molecular flexibility index (Phi) is 5.39. The first kappa shape index (κ1) is 18.3. The number of aliphatic carboxylic acids is 1. The summed E-state index contributed by atoms with van der Waals surface area (Å²) in [6.07, 6.45) is 1.15. The Balaban J connectivity index is 2.05. The van der Waals surface area contributed by atoms with Crippen molar-refractivity contribution in [3.8, 4) is 0 Å². The van der Waals surface area contributed by atoms with Crippen molar-refractivity contribution in [2.45, 2.75) is 18.4 Å². The summed E-state index contributed by atoms with van der Waals surface area (Å²) in [6, 6.07) is 11.4. The molecule has 1 heterocycles. The number of carboxylic acid groups (broad SMARTS) is 1. The molecule has 0 radical (unpaired) electrons. The molecule has 0 saturated carbocycles. The van der Waals surface area contributed by atoms with Gasteiger partial charge in [0, 0.05) is 17.5 Å². The topological polar surface area (TPSA) is 40.5 Å². The van der Waals surface area contributed by atoms with Gasteiger partial charge in [0.2, 0.25) is 0 Å². The molecule has 0 bridgehead atoms. The summed E-state index contributed by atoms with van der Waals surface area (Å²) in [7, 11) is 0. The van der Waals surface area contributed by atoms with E-state index in [2.05, 4.69) is 0 Å². The van der Waals surface area contributed by atoms with Gasteiger partial charge in [-0.05, 0) is 42.3 Å². The van der Waals surface area contributed by atoms with Gasteiger partial charge in [-0.3, -0.25) is 0 Å². The Hall–Kier alpha value is -1.53. The fourth-order valence-corrected chi connectivity index (χ4v) is 4.18. The Morgan fingerprint density at radius 2 is 2.00 bits per heavy atom. The maximum absolute atomic E-state index is 11.1. The number of carbonyl (C=O) groups is 1. The zero-order valence-corrected chi connectivity index (χ0v) is 16.3. The number of rotatable bonds is 3. The second-order valence-corrected chi connectivity index (χ2v) is 7.84. The summed E-state index contributed by atoms with van der Waals surface area (Å²) in [6.45, 7) is 2.48. The molecule has 1 N–H and O–H groups in total. The molecule has 1 aliphatic rings. The molecule has 128 valence electrons. The van der Waals surface area contributed by atoms with E-state index < -0.39 is 5.97 Å². The minimum absolute atomic E-state index is 0.474. The van der Waals surface area contributed by atoms with Crippen LogP contribution in [0, 0.1) is 6.92 Å². The van der Waals surface area contributed by atoms with Crippen LogP contribution in [0.3, 0.4) is 0 Å². The van der Waals surface area contributed by atoms with Crippen LogP contribution in [0.1, 0.15) is 11.1 Å². The lowest BCUT2D eigenvalue weighted by Gasteiger charge is -2.33. The minimum atomic E-state index is -1.02. The summed E-state index contributed by atoms with van der Waals surface area (Å²) < 4.78 is 0. The van der Waals surface area contributed by atoms with E-state index in [1.54, 1.807) is 12.1 Å². The molecule has 2 aromatic rings. The van der Waals surface area contributed by atoms with E-state index in [0.717, 1.165) is 27.8 Å². The lowest BCUT2D eigenvalue weighted by Crippen LogP contribution is -2.32. The van der Waals surface area contributed by atoms with Crippen molar-refractivity contribution in [2.75, 3.05) is 4.90 Å². The molecule has 0 aliphatic carbocycles. The number of anilines is 1. The quantitative estimate of drug-likeness (QED) is 0.519. The van der Waals surface area contributed by atoms with E-state index in [0.29, 0.717) is 26.5 Å². The van der Waals surface area contributed by atoms with Gasteiger partial charge < -0.3 is 10.0 Å². The van der Waals surface area contributed by atoms with Crippen molar-refractivity contribution in [1.82, 2.24) is 0 Å². The van der Waals surface area contributed by atoms with Gasteiger partial charge in [0.05, 0.1) is 20.6 Å². The highest BCUT2D eigenvalue weighted by Gasteiger charge is 2.27. The number of hydrogen-bond donors (Lipinski definition) is 1. The molecule has 0 unspecified atom stereocenters. The first-order chi connectivity index (χ1) is 11.8. The highest BCUT2D eigenvalue weighted by atomic mass is 35.5. The molecule has 2 aromatic carbocycles. The van der Waals surface area contributed by atoms with E-state index in [1.165, 1.54) is 11.8 Å². The third kappa shape index (κ3) is 4.01. The summed E-state index contributed by atoms with van der Waals surface area (Å²) in [4.78, 5) is 15.0. The second-order valence-electron chi connectivity index (χ2n) is 5.56. The van der Waals surface area contributed by atoms with Gasteiger partial charge in [0.1, 0.15) is 4.99 Å². The van der Waals surface area contributed by atoms with E-state index in [-0.39, 0.29) is 0 Å². The van der Waals surface area contributed by atoms with Crippen LogP contribution in [0.5, 0.6) is 0 Å². The lowest BCUT2D eigenvalue weighted by molar-refractivity contribution is -0.131. The van der Waals surface area contributed by atoms with Gasteiger partial charge in [-0.2, -0.15) is 0 Å². The monoisotopic (exact) mass is 409 g/mol. The molecule has 0 saturated heterocycles. The zero-order valence-electron chi connectivity index (χ0n) is 13.1. The summed E-state index contributed by atoms with van der Waals surface area (Å²) in [5, 5.41) is 10.1. The number of nitrogens with zero attached hydrogens (tertiary/aromatic N) is 1. The fourth-order valence-electron chi connectivity index (χ4n) is 2.51. The first-order valence-electron chi connectivity index (χ1n) is 7.34. The number of thiocarbonyl (C=S) groups is 1. The van der Waals surface area contributed by atoms with Crippen LogP contribution in [0.2, 0.25) is 10.0 Å². The molecular weight excluding hydrogens is 397 g/mol. The van der Waals surface area contributed by atoms with Crippen LogP contribution in [-0.4, -0.2) is 16.1 Å². The molecule has 0 atom stereocenters. The Bertz CT molecular complexity index is 912. The van der Waals surface area contributed by atoms with E-state index in [4.69, 9.17) is 40.5 Å². The number of halogens is 2. The van der Waals surface area contributed by atoms with Crippen molar-refractivity contribution < 1.29 is 9.90 Å². The van der Waals surface area contributed by atoms with Crippen molar-refractivity contribution in [3.05, 3.63) is 68.6 Å². The van der Waals surface area contributed by atoms with Gasteiger partial charge in [-0.1, -0.05) is 59.3 Å². The molecule has 3 nitrogen and oxygen atoms in total. The molecule has 1 aliphatic heterocycles. The Labute approximate surface area is 165 Å². The number of thioether (sulfide) groups is 1. The maximum Gasteiger partial charge on any atom is 0.329 e. The molecule has 0 amide bonds. The van der Waals surface area contributed by atoms with Crippen molar-refractivity contribution in [2.24, 2.45) is 0 Å². The lowest BCUT2D eigenvalue weighted by atomic mass is 10.1. The molecular formula is C18H13Cl2NO2S2. The second kappa shape index (κ2) is 7.38. The van der Waals surface area contributed by atoms with Crippen LogP contribution in [-0.2, 0) is 11.3 Å². The predicted octanol–water partition coefficient (Wildman–Crippen LogP) is 5.71.